The third-order valence-electron chi connectivity index (χ3n) is 11.0. The van der Waals surface area contributed by atoms with Gasteiger partial charge in [-0.2, -0.15) is 0 Å². The number of rotatable bonds is 23. The molecule has 2 aromatic rings. The van der Waals surface area contributed by atoms with E-state index < -0.39 is 65.7 Å². The van der Waals surface area contributed by atoms with Gasteiger partial charge in [-0.1, -0.05) is 88.4 Å². The summed E-state index contributed by atoms with van der Waals surface area (Å²) in [5.41, 5.74) is 7.23. The summed E-state index contributed by atoms with van der Waals surface area (Å²) in [6, 6.07) is 12.4. The number of unbranched alkanes of at least 4 members (excludes halogenated alkanes) is 1. The van der Waals surface area contributed by atoms with Gasteiger partial charge >= 0.3 is 5.97 Å². The summed E-state index contributed by atoms with van der Waals surface area (Å²) in [6.07, 6.45) is 3.74. The maximum atomic E-state index is 14.1. The Morgan fingerprint density at radius 3 is 1.71 bits per heavy atom. The van der Waals surface area contributed by atoms with E-state index in [1.807, 2.05) is 26.0 Å². The normalized spacial score (nSPS) is 16.6. The summed E-state index contributed by atoms with van der Waals surface area (Å²) in [5.74, 6) is -4.45. The molecule has 1 radical (unpaired) electrons. The fourth-order valence-electron chi connectivity index (χ4n) is 7.44. The van der Waals surface area contributed by atoms with Crippen LogP contribution in [0.4, 0.5) is 0 Å². The number of aliphatic carboxylic acids is 1. The number of nitrogens with two attached hydrogens (primary N) is 1. The van der Waals surface area contributed by atoms with Crippen molar-refractivity contribution in [3.05, 3.63) is 71.8 Å². The summed E-state index contributed by atoms with van der Waals surface area (Å²) >= 11 is 0. The standard InChI is InChI=1S/C47H76N10O7.Cu/c1-33(2)29-38(53-43(59)37(19-11-12-20-48)52-41(58)32-57-27-14-23-50-25-24-49-21-13-22-51-26-28-57)45(61)56-42(34(3)4)46(62)54-39(30-35-15-7-5-8-16-35)44(60)55-40(47(63)64)31-36-17-9-6-10-18-36;/h5-10,15-18,33-34,37-40,42,49-51H,11-14,19-32,48H2,1-4H3,(H,52,58)(H,53,59)(H,54,62)(H,55,60)(H,56,61)(H,63,64);/t37-,38-,39-,40-,42-;/m0./s1. The maximum absolute atomic E-state index is 14.1. The third-order valence-corrected chi connectivity index (χ3v) is 11.0. The van der Waals surface area contributed by atoms with Crippen LogP contribution in [0.5, 0.6) is 0 Å². The van der Waals surface area contributed by atoms with Gasteiger partial charge in [0, 0.05) is 56.1 Å². The zero-order valence-electron chi connectivity index (χ0n) is 38.8. The first-order chi connectivity index (χ1) is 30.8. The van der Waals surface area contributed by atoms with Crippen molar-refractivity contribution in [3.63, 3.8) is 0 Å². The molecule has 5 atom stereocenters. The molecule has 1 aliphatic rings. The predicted octanol–water partition coefficient (Wildman–Crippen LogP) is 0.674. The van der Waals surface area contributed by atoms with Crippen LogP contribution >= 0.6 is 0 Å². The molecule has 0 spiro atoms. The van der Waals surface area contributed by atoms with Crippen LogP contribution in [-0.2, 0) is 58.7 Å². The number of carbonyl (C=O) groups excluding carboxylic acids is 5. The molecule has 3 rings (SSSR count). The van der Waals surface area contributed by atoms with Gasteiger partial charge in [-0.3, -0.25) is 28.9 Å². The quantitative estimate of drug-likeness (QED) is 0.0546. The van der Waals surface area contributed by atoms with Gasteiger partial charge < -0.3 is 53.4 Å². The van der Waals surface area contributed by atoms with Crippen molar-refractivity contribution < 1.29 is 50.9 Å². The molecule has 1 saturated heterocycles. The van der Waals surface area contributed by atoms with E-state index in [1.54, 1.807) is 62.4 Å². The van der Waals surface area contributed by atoms with Gasteiger partial charge in [0.25, 0.3) is 0 Å². The third kappa shape index (κ3) is 23.0. The Balaban J connectivity index is 0.0000145. The van der Waals surface area contributed by atoms with Crippen LogP contribution < -0.4 is 48.3 Å². The molecule has 0 unspecified atom stereocenters. The summed E-state index contributed by atoms with van der Waals surface area (Å²) in [6.45, 7) is 14.4. The monoisotopic (exact) mass is 956 g/mol. The first kappa shape index (κ1) is 56.7. The van der Waals surface area contributed by atoms with Crippen molar-refractivity contribution in [1.29, 1.82) is 0 Å². The van der Waals surface area contributed by atoms with Gasteiger partial charge in [0.2, 0.25) is 29.5 Å². The maximum Gasteiger partial charge on any atom is 0.326 e. The number of hydrogen-bond donors (Lipinski definition) is 10. The number of hydrogen-bond acceptors (Lipinski definition) is 11. The molecule has 11 N–H and O–H groups in total. The molecule has 0 bridgehead atoms. The number of amides is 5. The van der Waals surface area contributed by atoms with Gasteiger partial charge in [0.05, 0.1) is 6.54 Å². The van der Waals surface area contributed by atoms with E-state index >= 15 is 0 Å². The minimum absolute atomic E-state index is 0. The summed E-state index contributed by atoms with van der Waals surface area (Å²) in [7, 11) is 0. The van der Waals surface area contributed by atoms with Gasteiger partial charge in [0.15, 0.2) is 0 Å². The Labute approximate surface area is 396 Å². The molecular formula is C47H76CuN10O7. The second kappa shape index (κ2) is 32.3. The fraction of sp³-hybridized carbons (Fsp3) is 0.617. The smallest absolute Gasteiger partial charge is 0.326 e. The molecule has 1 aliphatic heterocycles. The van der Waals surface area contributed by atoms with Crippen molar-refractivity contribution in [2.24, 2.45) is 17.6 Å². The molecule has 2 aromatic carbocycles. The van der Waals surface area contributed by atoms with E-state index in [2.05, 4.69) is 47.4 Å². The molecule has 65 heavy (non-hydrogen) atoms. The van der Waals surface area contributed by atoms with E-state index in [9.17, 15) is 33.9 Å². The second-order valence-corrected chi connectivity index (χ2v) is 17.4. The molecular weight excluding hydrogens is 880 g/mol. The number of nitrogens with zero attached hydrogens (tertiary/aromatic N) is 1. The molecule has 0 saturated carbocycles. The predicted molar refractivity (Wildman–Crippen MR) is 249 cm³/mol. The Bertz CT molecular complexity index is 1690. The summed E-state index contributed by atoms with van der Waals surface area (Å²) in [4.78, 5) is 84.0. The van der Waals surface area contributed by atoms with Crippen LogP contribution in [0, 0.1) is 11.8 Å². The van der Waals surface area contributed by atoms with Crippen LogP contribution in [0.3, 0.4) is 0 Å². The topological polar surface area (TPSA) is 248 Å². The fourth-order valence-corrected chi connectivity index (χ4v) is 7.44. The summed E-state index contributed by atoms with van der Waals surface area (Å²) < 4.78 is 0. The average Bonchev–Trinajstić information content (AvgIpc) is 3.26. The van der Waals surface area contributed by atoms with Gasteiger partial charge in [0.1, 0.15) is 30.2 Å². The SMILES string of the molecule is CC(C)C[C@H](NC(=O)[C@H](CCCCN)NC(=O)CN1CCCNCCNCCCNCC1)C(=O)N[C@H](C(=O)N[C@@H](Cc1ccccc1)C(=O)N[C@@H](Cc1ccccc1)C(=O)O)C(C)C.[Cu]. The minimum Gasteiger partial charge on any atom is -0.480 e. The van der Waals surface area contributed by atoms with Gasteiger partial charge in [-0.05, 0) is 94.2 Å². The number of nitrogens with one attached hydrogen (secondary N) is 8. The molecule has 18 heteroatoms. The van der Waals surface area contributed by atoms with Crippen LogP contribution in [-0.4, -0.2) is 141 Å². The molecule has 1 fully saturated rings. The van der Waals surface area contributed by atoms with Crippen LogP contribution in [0.15, 0.2) is 60.7 Å². The second-order valence-electron chi connectivity index (χ2n) is 17.4. The van der Waals surface area contributed by atoms with E-state index in [4.69, 9.17) is 5.73 Å². The first-order valence-corrected chi connectivity index (χ1v) is 23.1. The Morgan fingerprint density at radius 2 is 1.14 bits per heavy atom. The van der Waals surface area contributed by atoms with Crippen LogP contribution in [0.2, 0.25) is 0 Å². The van der Waals surface area contributed by atoms with Gasteiger partial charge in [-0.25, -0.2) is 4.79 Å². The number of carboxylic acids is 1. The van der Waals surface area contributed by atoms with Crippen molar-refractivity contribution in [1.82, 2.24) is 47.4 Å². The first-order valence-electron chi connectivity index (χ1n) is 23.1. The van der Waals surface area contributed by atoms with Crippen molar-refractivity contribution in [2.45, 2.75) is 109 Å². The van der Waals surface area contributed by atoms with Crippen molar-refractivity contribution >= 4 is 35.5 Å². The van der Waals surface area contributed by atoms with Crippen LogP contribution in [0.25, 0.3) is 0 Å². The molecule has 17 nitrogen and oxygen atoms in total. The molecule has 1 heterocycles. The Kier molecular flexibility index (Phi) is 28.2. The zero-order chi connectivity index (χ0) is 46.7. The van der Waals surface area contributed by atoms with Crippen molar-refractivity contribution in [3.8, 4) is 0 Å². The number of benzene rings is 2. The molecule has 0 aromatic heterocycles. The number of carbonyl (C=O) groups is 6. The molecule has 367 valence electrons. The van der Waals surface area contributed by atoms with Crippen molar-refractivity contribution in [2.75, 3.05) is 65.4 Å². The Hall–Kier alpha value is -4.42. The van der Waals surface area contributed by atoms with E-state index in [0.717, 1.165) is 57.7 Å². The number of carboxylic acid groups (broad SMARTS) is 1. The van der Waals surface area contributed by atoms with Crippen LogP contribution in [0.1, 0.15) is 77.3 Å². The Morgan fingerprint density at radius 1 is 0.615 bits per heavy atom. The molecule has 5 amide bonds. The zero-order valence-corrected chi connectivity index (χ0v) is 39.7. The average molecular weight is 957 g/mol. The van der Waals surface area contributed by atoms with Gasteiger partial charge in [-0.15, -0.1) is 0 Å². The van der Waals surface area contributed by atoms with E-state index in [-0.39, 0.29) is 54.7 Å². The summed E-state index contributed by atoms with van der Waals surface area (Å²) in [5, 5.41) is 34.4. The minimum atomic E-state index is -1.26. The largest absolute Gasteiger partial charge is 0.480 e. The van der Waals surface area contributed by atoms with E-state index in [1.165, 1.54) is 0 Å². The van der Waals surface area contributed by atoms with E-state index in [0.29, 0.717) is 44.5 Å². The molecule has 0 aliphatic carbocycles.